The van der Waals surface area contributed by atoms with Crippen LogP contribution in [0.1, 0.15) is 81.4 Å². The van der Waals surface area contributed by atoms with Crippen molar-refractivity contribution in [1.29, 1.82) is 0 Å². The minimum atomic E-state index is -5.08. The molecule has 0 spiro atoms. The van der Waals surface area contributed by atoms with Crippen LogP contribution in [0.25, 0.3) is 16.6 Å². The summed E-state index contributed by atoms with van der Waals surface area (Å²) >= 11 is 0. The van der Waals surface area contributed by atoms with Gasteiger partial charge in [-0.05, 0) is 67.3 Å². The van der Waals surface area contributed by atoms with Gasteiger partial charge in [0.05, 0.1) is 33.8 Å². The lowest BCUT2D eigenvalue weighted by Crippen LogP contribution is -2.41. The molecule has 246 valence electrons. The van der Waals surface area contributed by atoms with E-state index in [4.69, 9.17) is 4.98 Å². The SMILES string of the molecule is CCCCCCN(C(=O)Nc1cc(C(F)(F)F)cc(C(F)(F)F)c1)C(CC)c1nc2ccccc2c(=O)n1-c1ccc(CC)cc1. The fourth-order valence-electron chi connectivity index (χ4n) is 5.38. The van der Waals surface area contributed by atoms with Crippen LogP contribution in [-0.4, -0.2) is 27.0 Å². The smallest absolute Gasteiger partial charge is 0.314 e. The number of hydrogen-bond donors (Lipinski definition) is 1. The highest BCUT2D eigenvalue weighted by molar-refractivity contribution is 5.90. The molecule has 1 N–H and O–H groups in total. The second-order valence-electron chi connectivity index (χ2n) is 11.1. The lowest BCUT2D eigenvalue weighted by molar-refractivity contribution is -0.143. The molecule has 12 heteroatoms. The number of rotatable bonds is 11. The molecule has 0 saturated heterocycles. The summed E-state index contributed by atoms with van der Waals surface area (Å²) in [7, 11) is 0. The van der Waals surface area contributed by atoms with Crippen LogP contribution >= 0.6 is 0 Å². The number of nitrogens with zero attached hydrogens (tertiary/aromatic N) is 3. The van der Waals surface area contributed by atoms with Crippen LogP contribution in [0.5, 0.6) is 0 Å². The van der Waals surface area contributed by atoms with Crippen LogP contribution < -0.4 is 10.9 Å². The molecule has 46 heavy (non-hydrogen) atoms. The van der Waals surface area contributed by atoms with Gasteiger partial charge in [-0.25, -0.2) is 9.78 Å². The second-order valence-corrected chi connectivity index (χ2v) is 11.1. The van der Waals surface area contributed by atoms with Crippen molar-refractivity contribution in [3.8, 4) is 5.69 Å². The number of unbranched alkanes of at least 4 members (excludes halogenated alkanes) is 3. The first-order valence-electron chi connectivity index (χ1n) is 15.3. The van der Waals surface area contributed by atoms with E-state index >= 15 is 0 Å². The molecule has 2 amide bonds. The van der Waals surface area contributed by atoms with Crippen LogP contribution in [0.3, 0.4) is 0 Å². The second kappa shape index (κ2) is 14.4. The first kappa shape index (κ1) is 34.5. The number of hydrogen-bond acceptors (Lipinski definition) is 3. The average Bonchev–Trinajstić information content (AvgIpc) is 3.01. The standard InChI is InChI=1S/C34H36F6N4O2/c1-4-7-8-11-18-43(32(46)41-25-20-23(33(35,36)37)19-24(21-25)34(38,39)40)29(6-3)30-42-28-13-10-9-12-27(28)31(45)44(30)26-16-14-22(5-2)15-17-26/h9-10,12-17,19-21,29H,4-8,11,18H2,1-3H3,(H,41,46). The summed E-state index contributed by atoms with van der Waals surface area (Å²) in [4.78, 5) is 34.0. The Bertz CT molecular complexity index is 1680. The van der Waals surface area contributed by atoms with Crippen molar-refractivity contribution in [2.75, 3.05) is 11.9 Å². The number of alkyl halides is 6. The summed E-state index contributed by atoms with van der Waals surface area (Å²) < 4.78 is 82.8. The Morgan fingerprint density at radius 2 is 1.50 bits per heavy atom. The van der Waals surface area contributed by atoms with Crippen LogP contribution in [0, 0.1) is 0 Å². The summed E-state index contributed by atoms with van der Waals surface area (Å²) in [6.07, 6.45) is -6.14. The van der Waals surface area contributed by atoms with Crippen LogP contribution in [0.2, 0.25) is 0 Å². The Kier molecular flexibility index (Phi) is 10.8. The molecule has 0 saturated carbocycles. The van der Waals surface area contributed by atoms with E-state index < -0.39 is 41.2 Å². The molecule has 0 radical (unpaired) electrons. The number of halogens is 6. The fraction of sp³-hybridized carbons (Fsp3) is 0.382. The number of nitrogens with one attached hydrogen (secondary N) is 1. The van der Waals surface area contributed by atoms with E-state index in [1.54, 1.807) is 43.3 Å². The molecule has 0 aliphatic carbocycles. The summed E-state index contributed by atoms with van der Waals surface area (Å²) in [5, 5.41) is 2.64. The Hall–Kier alpha value is -4.35. The highest BCUT2D eigenvalue weighted by Gasteiger charge is 2.37. The zero-order chi connectivity index (χ0) is 33.6. The number of anilines is 1. The summed E-state index contributed by atoms with van der Waals surface area (Å²) in [6.45, 7) is 5.89. The molecule has 4 aromatic rings. The number of carbonyl (C=O) groups is 1. The highest BCUT2D eigenvalue weighted by atomic mass is 19.4. The van der Waals surface area contributed by atoms with Crippen LogP contribution in [-0.2, 0) is 18.8 Å². The molecular weight excluding hydrogens is 610 g/mol. The quantitative estimate of drug-likeness (QED) is 0.130. The van der Waals surface area contributed by atoms with E-state index in [9.17, 15) is 35.9 Å². The number of carbonyl (C=O) groups excluding carboxylic acids is 1. The first-order valence-corrected chi connectivity index (χ1v) is 15.3. The van der Waals surface area contributed by atoms with Crippen LogP contribution in [0.4, 0.5) is 36.8 Å². The van der Waals surface area contributed by atoms with Gasteiger partial charge in [-0.15, -0.1) is 0 Å². The van der Waals surface area contributed by atoms with Gasteiger partial charge >= 0.3 is 18.4 Å². The number of aromatic nitrogens is 2. The van der Waals surface area contributed by atoms with Gasteiger partial charge in [0.1, 0.15) is 5.82 Å². The van der Waals surface area contributed by atoms with Crippen molar-refractivity contribution in [3.05, 3.63) is 99.6 Å². The van der Waals surface area contributed by atoms with Crippen molar-refractivity contribution in [3.63, 3.8) is 0 Å². The Balaban J connectivity index is 1.86. The maximum atomic E-state index is 14.0. The number of benzene rings is 3. The van der Waals surface area contributed by atoms with E-state index in [0.717, 1.165) is 31.2 Å². The third-order valence-corrected chi connectivity index (χ3v) is 7.82. The van der Waals surface area contributed by atoms with E-state index in [-0.39, 0.29) is 30.4 Å². The van der Waals surface area contributed by atoms with Gasteiger partial charge in [-0.2, -0.15) is 26.3 Å². The molecule has 0 fully saturated rings. The number of amides is 2. The molecule has 1 aromatic heterocycles. The maximum Gasteiger partial charge on any atom is 0.416 e. The molecule has 4 rings (SSSR count). The number of fused-ring (bicyclic) bond motifs is 1. The number of urea groups is 1. The van der Waals surface area contributed by atoms with E-state index in [0.29, 0.717) is 35.1 Å². The predicted octanol–water partition coefficient (Wildman–Crippen LogP) is 9.55. The first-order chi connectivity index (χ1) is 21.8. The molecular formula is C34H36F6N4O2. The Labute approximate surface area is 263 Å². The molecule has 0 bridgehead atoms. The number of para-hydroxylation sites is 1. The molecule has 3 aromatic carbocycles. The molecule has 0 aliphatic rings. The molecule has 1 heterocycles. The summed E-state index contributed by atoms with van der Waals surface area (Å²) in [5.74, 6) is 0.223. The van der Waals surface area contributed by atoms with E-state index in [2.05, 4.69) is 5.32 Å². The van der Waals surface area contributed by atoms with Crippen molar-refractivity contribution < 1.29 is 31.1 Å². The van der Waals surface area contributed by atoms with Gasteiger partial charge in [-0.3, -0.25) is 9.36 Å². The van der Waals surface area contributed by atoms with Crippen molar-refractivity contribution >= 4 is 22.6 Å². The van der Waals surface area contributed by atoms with Gasteiger partial charge in [0.2, 0.25) is 0 Å². The van der Waals surface area contributed by atoms with Gasteiger partial charge in [0.25, 0.3) is 5.56 Å². The lowest BCUT2D eigenvalue weighted by atomic mass is 10.1. The normalized spacial score (nSPS) is 12.7. The fourth-order valence-corrected chi connectivity index (χ4v) is 5.38. The topological polar surface area (TPSA) is 67.2 Å². The Morgan fingerprint density at radius 3 is 2.07 bits per heavy atom. The van der Waals surface area contributed by atoms with Gasteiger partial charge in [-0.1, -0.05) is 64.3 Å². The minimum absolute atomic E-state index is 0.00846. The molecule has 1 atom stereocenters. The third kappa shape index (κ3) is 7.89. The minimum Gasteiger partial charge on any atom is -0.314 e. The lowest BCUT2D eigenvalue weighted by Gasteiger charge is -2.32. The van der Waals surface area contributed by atoms with E-state index in [1.165, 1.54) is 9.47 Å². The highest BCUT2D eigenvalue weighted by Crippen LogP contribution is 2.38. The van der Waals surface area contributed by atoms with Gasteiger partial charge in [0, 0.05) is 12.2 Å². The molecule has 1 unspecified atom stereocenters. The molecule has 6 nitrogen and oxygen atoms in total. The van der Waals surface area contributed by atoms with Crippen LogP contribution in [0.15, 0.2) is 71.5 Å². The largest absolute Gasteiger partial charge is 0.416 e. The summed E-state index contributed by atoms with van der Waals surface area (Å²) in [6, 6.07) is 13.2. The van der Waals surface area contributed by atoms with E-state index in [1.807, 2.05) is 26.0 Å². The number of aryl methyl sites for hydroxylation is 1. The van der Waals surface area contributed by atoms with Crippen molar-refractivity contribution in [2.24, 2.45) is 0 Å². The zero-order valence-corrected chi connectivity index (χ0v) is 25.8. The predicted molar refractivity (Wildman–Crippen MR) is 166 cm³/mol. The average molecular weight is 647 g/mol. The van der Waals surface area contributed by atoms with Crippen molar-refractivity contribution in [2.45, 2.75) is 77.7 Å². The van der Waals surface area contributed by atoms with Gasteiger partial charge < -0.3 is 10.2 Å². The van der Waals surface area contributed by atoms with Gasteiger partial charge in [0.15, 0.2) is 0 Å². The Morgan fingerprint density at radius 1 is 0.870 bits per heavy atom. The summed E-state index contributed by atoms with van der Waals surface area (Å²) in [5.41, 5.74) is -2.17. The molecule has 0 aliphatic heterocycles. The van der Waals surface area contributed by atoms with Crippen molar-refractivity contribution in [1.82, 2.24) is 14.5 Å². The maximum absolute atomic E-state index is 14.0. The zero-order valence-electron chi connectivity index (χ0n) is 25.8. The third-order valence-electron chi connectivity index (χ3n) is 7.82. The monoisotopic (exact) mass is 646 g/mol.